The molecule has 32 heavy (non-hydrogen) atoms. The fourth-order valence-corrected chi connectivity index (χ4v) is 3.77. The minimum atomic E-state index is -1.08. The van der Waals surface area contributed by atoms with Gasteiger partial charge >= 0.3 is 5.97 Å². The number of hydrogen-bond acceptors (Lipinski definition) is 4. The molecular weight excluding hydrogens is 408 g/mol. The van der Waals surface area contributed by atoms with Gasteiger partial charge in [-0.15, -0.1) is 0 Å². The van der Waals surface area contributed by atoms with Crippen molar-refractivity contribution in [1.29, 1.82) is 0 Å². The van der Waals surface area contributed by atoms with Crippen molar-refractivity contribution in [1.82, 2.24) is 10.6 Å². The number of carboxylic acids is 1. The van der Waals surface area contributed by atoms with Crippen LogP contribution in [0.2, 0.25) is 0 Å². The molecule has 0 saturated heterocycles. The molecule has 0 fully saturated rings. The van der Waals surface area contributed by atoms with Crippen molar-refractivity contribution >= 4 is 17.8 Å². The number of unbranched alkanes of at least 4 members (excludes halogenated alkanes) is 6. The highest BCUT2D eigenvalue weighted by Gasteiger charge is 2.28. The summed E-state index contributed by atoms with van der Waals surface area (Å²) in [4.78, 5) is 36.0. The number of aliphatic carboxylic acids is 1. The van der Waals surface area contributed by atoms with Gasteiger partial charge in [0.05, 0.1) is 25.0 Å². The average molecular weight is 449 g/mol. The molecule has 4 N–H and O–H groups in total. The maximum atomic E-state index is 13.0. The normalized spacial score (nSPS) is 13.7. The van der Waals surface area contributed by atoms with Crippen LogP contribution in [0.1, 0.15) is 76.7 Å². The number of amides is 2. The molecule has 3 atom stereocenters. The third kappa shape index (κ3) is 11.8. The van der Waals surface area contributed by atoms with Gasteiger partial charge in [-0.25, -0.2) is 0 Å². The van der Waals surface area contributed by atoms with E-state index in [0.717, 1.165) is 31.2 Å². The monoisotopic (exact) mass is 448 g/mol. The van der Waals surface area contributed by atoms with Crippen molar-refractivity contribution in [2.45, 2.75) is 89.7 Å². The van der Waals surface area contributed by atoms with Crippen LogP contribution in [0, 0.1) is 5.92 Å². The molecule has 1 aromatic rings. The summed E-state index contributed by atoms with van der Waals surface area (Å²) >= 11 is 0. The van der Waals surface area contributed by atoms with E-state index >= 15 is 0 Å². The number of benzene rings is 1. The zero-order valence-electron chi connectivity index (χ0n) is 19.5. The van der Waals surface area contributed by atoms with Crippen LogP contribution < -0.4 is 10.6 Å². The van der Waals surface area contributed by atoms with E-state index in [1.165, 1.54) is 26.3 Å². The Morgan fingerprint density at radius 2 is 1.56 bits per heavy atom. The van der Waals surface area contributed by atoms with E-state index in [9.17, 15) is 24.6 Å². The Morgan fingerprint density at radius 1 is 0.938 bits per heavy atom. The van der Waals surface area contributed by atoms with Crippen LogP contribution in [-0.2, 0) is 20.8 Å². The van der Waals surface area contributed by atoms with Gasteiger partial charge in [0.25, 0.3) is 0 Å². The van der Waals surface area contributed by atoms with Crippen LogP contribution in [-0.4, -0.2) is 47.2 Å². The largest absolute Gasteiger partial charge is 0.481 e. The van der Waals surface area contributed by atoms with E-state index in [-0.39, 0.29) is 24.7 Å². The number of aliphatic hydroxyl groups excluding tert-OH is 1. The molecule has 2 amide bonds. The highest BCUT2D eigenvalue weighted by Crippen LogP contribution is 2.18. The SMILES string of the molecule is CCCCCCCCC[C@H](CC(=O)O)C(=O)N[C@@H](Cc1ccccc1)[C@@H](O)CC(=O)NC. The second-order valence-corrected chi connectivity index (χ2v) is 8.45. The van der Waals surface area contributed by atoms with E-state index in [1.807, 2.05) is 30.3 Å². The van der Waals surface area contributed by atoms with Gasteiger partial charge in [0.15, 0.2) is 0 Å². The Balaban J connectivity index is 2.74. The summed E-state index contributed by atoms with van der Waals surface area (Å²) < 4.78 is 0. The molecule has 7 heteroatoms. The molecule has 7 nitrogen and oxygen atoms in total. The highest BCUT2D eigenvalue weighted by atomic mass is 16.4. The Morgan fingerprint density at radius 3 is 2.16 bits per heavy atom. The maximum Gasteiger partial charge on any atom is 0.304 e. The van der Waals surface area contributed by atoms with Crippen molar-refractivity contribution in [2.75, 3.05) is 7.05 Å². The molecule has 0 heterocycles. The lowest BCUT2D eigenvalue weighted by molar-refractivity contribution is -0.141. The number of hydrogen-bond donors (Lipinski definition) is 4. The zero-order valence-corrected chi connectivity index (χ0v) is 19.5. The average Bonchev–Trinajstić information content (AvgIpc) is 2.77. The first kappa shape index (κ1) is 27.6. The zero-order chi connectivity index (χ0) is 23.8. The van der Waals surface area contributed by atoms with Crippen molar-refractivity contribution < 1.29 is 24.6 Å². The molecule has 1 aromatic carbocycles. The first-order valence-electron chi connectivity index (χ1n) is 11.8. The predicted molar refractivity (Wildman–Crippen MR) is 125 cm³/mol. The summed E-state index contributed by atoms with van der Waals surface area (Å²) in [5.74, 6) is -2.38. The van der Waals surface area contributed by atoms with Crippen LogP contribution in [0.4, 0.5) is 0 Å². The van der Waals surface area contributed by atoms with Gasteiger partial charge in [-0.05, 0) is 18.4 Å². The topological polar surface area (TPSA) is 116 Å². The summed E-state index contributed by atoms with van der Waals surface area (Å²) in [7, 11) is 1.49. The van der Waals surface area contributed by atoms with Crippen LogP contribution >= 0.6 is 0 Å². The molecule has 0 saturated carbocycles. The van der Waals surface area contributed by atoms with Gasteiger partial charge in [-0.2, -0.15) is 0 Å². The van der Waals surface area contributed by atoms with E-state index in [4.69, 9.17) is 0 Å². The molecule has 0 aliphatic heterocycles. The highest BCUT2D eigenvalue weighted by molar-refractivity contribution is 5.83. The first-order chi connectivity index (χ1) is 15.4. The number of carbonyl (C=O) groups excluding carboxylic acids is 2. The maximum absolute atomic E-state index is 13.0. The molecule has 180 valence electrons. The first-order valence-corrected chi connectivity index (χ1v) is 11.8. The van der Waals surface area contributed by atoms with Crippen molar-refractivity contribution in [3.63, 3.8) is 0 Å². The minimum absolute atomic E-state index is 0.143. The number of carbonyl (C=O) groups is 3. The van der Waals surface area contributed by atoms with Gasteiger partial charge in [0.2, 0.25) is 11.8 Å². The fraction of sp³-hybridized carbons (Fsp3) is 0.640. The van der Waals surface area contributed by atoms with Gasteiger partial charge in [-0.1, -0.05) is 82.2 Å². The number of nitrogens with one attached hydrogen (secondary N) is 2. The second-order valence-electron chi connectivity index (χ2n) is 8.45. The van der Waals surface area contributed by atoms with Crippen LogP contribution in [0.5, 0.6) is 0 Å². The van der Waals surface area contributed by atoms with Crippen molar-refractivity contribution in [3.8, 4) is 0 Å². The summed E-state index contributed by atoms with van der Waals surface area (Å²) in [6.07, 6.45) is 7.02. The lowest BCUT2D eigenvalue weighted by Gasteiger charge is -2.26. The summed E-state index contributed by atoms with van der Waals surface area (Å²) in [6.45, 7) is 2.17. The standard InChI is InChI=1S/C25H40N2O5/c1-3-4-5-6-7-8-12-15-20(17-24(30)31)25(32)27-21(22(28)18-23(29)26-2)16-19-13-10-9-11-14-19/h9-11,13-14,20-22,28H,3-8,12,15-18H2,1-2H3,(H,26,29)(H,27,32)(H,30,31)/t20-,21+,22+/m1/s1. The lowest BCUT2D eigenvalue weighted by atomic mass is 9.94. The van der Waals surface area contributed by atoms with E-state index in [1.54, 1.807) is 0 Å². The van der Waals surface area contributed by atoms with Gasteiger partial charge in [0, 0.05) is 13.0 Å². The quantitative estimate of drug-likeness (QED) is 0.273. The fourth-order valence-electron chi connectivity index (χ4n) is 3.77. The molecule has 0 bridgehead atoms. The Kier molecular flexibility index (Phi) is 14.0. The number of aliphatic hydroxyl groups is 1. The summed E-state index contributed by atoms with van der Waals surface area (Å²) in [6, 6.07) is 8.70. The second kappa shape index (κ2) is 16.3. The molecule has 0 spiro atoms. The molecule has 0 radical (unpaired) electrons. The van der Waals surface area contributed by atoms with Crippen LogP contribution in [0.15, 0.2) is 30.3 Å². The van der Waals surface area contributed by atoms with Gasteiger partial charge < -0.3 is 20.8 Å². The smallest absolute Gasteiger partial charge is 0.304 e. The third-order valence-electron chi connectivity index (χ3n) is 5.71. The molecule has 0 aliphatic rings. The Hall–Kier alpha value is -2.41. The lowest BCUT2D eigenvalue weighted by Crippen LogP contribution is -2.48. The predicted octanol–water partition coefficient (Wildman–Crippen LogP) is 3.44. The molecule has 0 aromatic heterocycles. The number of rotatable bonds is 17. The molecule has 1 rings (SSSR count). The van der Waals surface area contributed by atoms with E-state index in [0.29, 0.717) is 12.8 Å². The van der Waals surface area contributed by atoms with Gasteiger partial charge in [-0.3, -0.25) is 14.4 Å². The van der Waals surface area contributed by atoms with Crippen LogP contribution in [0.3, 0.4) is 0 Å². The van der Waals surface area contributed by atoms with Crippen molar-refractivity contribution in [3.05, 3.63) is 35.9 Å². The summed E-state index contributed by atoms with van der Waals surface area (Å²) in [5.41, 5.74) is 0.913. The third-order valence-corrected chi connectivity index (χ3v) is 5.71. The van der Waals surface area contributed by atoms with Crippen LogP contribution in [0.25, 0.3) is 0 Å². The minimum Gasteiger partial charge on any atom is -0.481 e. The van der Waals surface area contributed by atoms with E-state index in [2.05, 4.69) is 17.6 Å². The number of carboxylic acid groups (broad SMARTS) is 1. The Bertz CT molecular complexity index is 680. The Labute approximate surface area is 192 Å². The van der Waals surface area contributed by atoms with Crippen molar-refractivity contribution in [2.24, 2.45) is 5.92 Å². The molecular formula is C25H40N2O5. The van der Waals surface area contributed by atoms with Gasteiger partial charge in [0.1, 0.15) is 0 Å². The van der Waals surface area contributed by atoms with E-state index < -0.39 is 24.0 Å². The molecule has 0 unspecified atom stereocenters. The molecule has 0 aliphatic carbocycles. The summed E-state index contributed by atoms with van der Waals surface area (Å²) in [5, 5.41) is 25.2.